The van der Waals surface area contributed by atoms with Gasteiger partial charge in [-0.1, -0.05) is 13.8 Å². The minimum Gasteiger partial charge on any atom is -0.392 e. The van der Waals surface area contributed by atoms with Crippen molar-refractivity contribution in [3.8, 4) is 0 Å². The summed E-state index contributed by atoms with van der Waals surface area (Å²) in [6.45, 7) is 4.42. The topological polar surface area (TPSA) is 40.5 Å². The normalized spacial score (nSPS) is 66.0. The van der Waals surface area contributed by atoms with E-state index in [4.69, 9.17) is 0 Å². The van der Waals surface area contributed by atoms with Gasteiger partial charge in [0.05, 0.1) is 12.2 Å². The molecule has 4 rings (SSSR count). The fraction of sp³-hybridized carbons (Fsp3) is 1.00. The molecule has 2 unspecified atom stereocenters. The van der Waals surface area contributed by atoms with E-state index in [1.54, 1.807) is 0 Å². The van der Waals surface area contributed by atoms with E-state index in [2.05, 4.69) is 13.8 Å². The average Bonchev–Trinajstić information content (AvgIpc) is 2.06. The lowest BCUT2D eigenvalue weighted by molar-refractivity contribution is -0.227. The lowest BCUT2D eigenvalue weighted by Gasteiger charge is -2.64. The molecule has 2 heteroatoms. The van der Waals surface area contributed by atoms with Gasteiger partial charge >= 0.3 is 0 Å². The third-order valence-corrected chi connectivity index (χ3v) is 5.19. The zero-order valence-corrected chi connectivity index (χ0v) is 9.03. The highest BCUT2D eigenvalue weighted by Crippen LogP contribution is 2.64. The lowest BCUT2D eigenvalue weighted by atomic mass is 9.43. The summed E-state index contributed by atoms with van der Waals surface area (Å²) < 4.78 is 0. The highest BCUT2D eigenvalue weighted by Gasteiger charge is 2.62. The van der Waals surface area contributed by atoms with Crippen LogP contribution >= 0.6 is 0 Å². The predicted octanol–water partition coefficient (Wildman–Crippen LogP) is 1.55. The molecule has 0 radical (unpaired) electrons. The lowest BCUT2D eigenvalue weighted by Crippen LogP contribution is -2.63. The van der Waals surface area contributed by atoms with Gasteiger partial charge in [0, 0.05) is 0 Å². The first kappa shape index (κ1) is 9.17. The van der Waals surface area contributed by atoms with Crippen molar-refractivity contribution in [2.24, 2.45) is 22.7 Å². The highest BCUT2D eigenvalue weighted by atomic mass is 16.3. The number of aliphatic hydroxyl groups is 2. The van der Waals surface area contributed by atoms with E-state index in [1.165, 1.54) is 0 Å². The Kier molecular flexibility index (Phi) is 1.54. The summed E-state index contributed by atoms with van der Waals surface area (Å²) in [5.41, 5.74) is 0.194. The van der Waals surface area contributed by atoms with Crippen molar-refractivity contribution in [2.75, 3.05) is 0 Å². The maximum atomic E-state index is 10.2. The van der Waals surface area contributed by atoms with Gasteiger partial charge in [0.2, 0.25) is 0 Å². The molecule has 4 saturated carbocycles. The number of hydrogen-bond acceptors (Lipinski definition) is 2. The predicted molar refractivity (Wildman–Crippen MR) is 53.7 cm³/mol. The third kappa shape index (κ3) is 0.892. The van der Waals surface area contributed by atoms with Gasteiger partial charge in [0.25, 0.3) is 0 Å². The van der Waals surface area contributed by atoms with Gasteiger partial charge in [0.15, 0.2) is 0 Å². The van der Waals surface area contributed by atoms with Crippen LogP contribution in [-0.2, 0) is 0 Å². The summed E-state index contributed by atoms with van der Waals surface area (Å²) in [5.74, 6) is 0.918. The first-order chi connectivity index (χ1) is 6.45. The van der Waals surface area contributed by atoms with Crippen LogP contribution in [0.1, 0.15) is 39.5 Å². The number of rotatable bonds is 0. The molecule has 0 amide bonds. The maximum absolute atomic E-state index is 10.2. The summed E-state index contributed by atoms with van der Waals surface area (Å²) in [6, 6.07) is 0. The zero-order valence-electron chi connectivity index (χ0n) is 9.03. The molecule has 14 heavy (non-hydrogen) atoms. The summed E-state index contributed by atoms with van der Waals surface area (Å²) >= 11 is 0. The van der Waals surface area contributed by atoms with Crippen LogP contribution in [0.2, 0.25) is 0 Å². The Morgan fingerprint density at radius 2 is 1.36 bits per heavy atom. The van der Waals surface area contributed by atoms with Gasteiger partial charge in [-0.2, -0.15) is 0 Å². The van der Waals surface area contributed by atoms with Gasteiger partial charge < -0.3 is 10.2 Å². The van der Waals surface area contributed by atoms with E-state index in [-0.39, 0.29) is 23.0 Å². The summed E-state index contributed by atoms with van der Waals surface area (Å²) in [7, 11) is 0. The maximum Gasteiger partial charge on any atom is 0.0622 e. The second-order valence-corrected chi connectivity index (χ2v) is 6.54. The molecule has 0 heterocycles. The third-order valence-electron chi connectivity index (χ3n) is 5.19. The van der Waals surface area contributed by atoms with Gasteiger partial charge in [0.1, 0.15) is 0 Å². The van der Waals surface area contributed by atoms with E-state index in [0.29, 0.717) is 11.8 Å². The van der Waals surface area contributed by atoms with Crippen molar-refractivity contribution in [3.05, 3.63) is 0 Å². The quantitative estimate of drug-likeness (QED) is 0.617. The molecule has 4 aliphatic carbocycles. The van der Waals surface area contributed by atoms with Crippen LogP contribution in [0.5, 0.6) is 0 Å². The molecule has 80 valence electrons. The Labute approximate surface area is 85.3 Å². The van der Waals surface area contributed by atoms with Crippen molar-refractivity contribution in [1.82, 2.24) is 0 Å². The Morgan fingerprint density at radius 1 is 0.929 bits per heavy atom. The van der Waals surface area contributed by atoms with Crippen LogP contribution in [0.25, 0.3) is 0 Å². The van der Waals surface area contributed by atoms with Crippen LogP contribution in [0.15, 0.2) is 0 Å². The Hall–Kier alpha value is -0.0800. The van der Waals surface area contributed by atoms with Crippen molar-refractivity contribution < 1.29 is 10.2 Å². The molecule has 4 aliphatic rings. The molecule has 6 atom stereocenters. The molecule has 2 N–H and O–H groups in total. The highest BCUT2D eigenvalue weighted by molar-refractivity contribution is 5.12. The molecule has 0 spiro atoms. The van der Waals surface area contributed by atoms with E-state index in [0.717, 1.165) is 25.7 Å². The number of aliphatic hydroxyl groups excluding tert-OH is 2. The Bertz CT molecular complexity index is 251. The van der Waals surface area contributed by atoms with Crippen molar-refractivity contribution in [2.45, 2.75) is 51.7 Å². The molecule has 0 aromatic heterocycles. The fourth-order valence-electron chi connectivity index (χ4n) is 4.89. The minimum atomic E-state index is -0.112. The Morgan fingerprint density at radius 3 is 1.71 bits per heavy atom. The second-order valence-electron chi connectivity index (χ2n) is 6.54. The smallest absolute Gasteiger partial charge is 0.0622 e. The van der Waals surface area contributed by atoms with Gasteiger partial charge in [-0.15, -0.1) is 0 Å². The summed E-state index contributed by atoms with van der Waals surface area (Å²) in [6.07, 6.45) is 3.89. The molecular formula is C12H20O2. The van der Waals surface area contributed by atoms with Crippen molar-refractivity contribution >= 4 is 0 Å². The van der Waals surface area contributed by atoms with Crippen LogP contribution in [0.4, 0.5) is 0 Å². The molecule has 0 aromatic carbocycles. The molecule has 0 saturated heterocycles. The largest absolute Gasteiger partial charge is 0.392 e. The molecule has 0 aliphatic heterocycles. The van der Waals surface area contributed by atoms with Gasteiger partial charge in [-0.25, -0.2) is 0 Å². The molecular weight excluding hydrogens is 176 g/mol. The van der Waals surface area contributed by atoms with Gasteiger partial charge in [-0.05, 0) is 48.3 Å². The van der Waals surface area contributed by atoms with Crippen molar-refractivity contribution in [3.63, 3.8) is 0 Å². The summed E-state index contributed by atoms with van der Waals surface area (Å²) in [5, 5.41) is 20.4. The van der Waals surface area contributed by atoms with Crippen LogP contribution in [-0.4, -0.2) is 22.4 Å². The van der Waals surface area contributed by atoms with E-state index >= 15 is 0 Å². The first-order valence-electron chi connectivity index (χ1n) is 5.81. The molecule has 2 nitrogen and oxygen atoms in total. The fourth-order valence-corrected chi connectivity index (χ4v) is 4.89. The minimum absolute atomic E-state index is 0.0970. The van der Waals surface area contributed by atoms with Crippen LogP contribution in [0, 0.1) is 22.7 Å². The standard InChI is InChI=1S/C12H20O2/c1-11-4-7-3-8(9(11)13)5-12(2,6-11)10(7)14/h7-10,13-14H,3-6H2,1-2H3/t7-,8-,9?,10?,11+,12+/m1/s1. The van der Waals surface area contributed by atoms with Crippen LogP contribution in [0.3, 0.4) is 0 Å². The summed E-state index contributed by atoms with van der Waals surface area (Å²) in [4.78, 5) is 0. The van der Waals surface area contributed by atoms with E-state index in [9.17, 15) is 10.2 Å². The van der Waals surface area contributed by atoms with E-state index < -0.39 is 0 Å². The molecule has 4 fully saturated rings. The SMILES string of the molecule is C[C@]12C[C@H]3C[C@H](C[C@@](C)(C1)C3O)C2O. The van der Waals surface area contributed by atoms with Crippen LogP contribution < -0.4 is 0 Å². The Balaban J connectivity index is 2.03. The van der Waals surface area contributed by atoms with Gasteiger partial charge in [-0.3, -0.25) is 0 Å². The second kappa shape index (κ2) is 2.35. The zero-order chi connectivity index (χ0) is 10.1. The first-order valence-corrected chi connectivity index (χ1v) is 5.81. The molecule has 4 bridgehead atoms. The monoisotopic (exact) mass is 196 g/mol. The molecule has 0 aromatic rings. The number of hydrogen-bond donors (Lipinski definition) is 2. The average molecular weight is 196 g/mol. The van der Waals surface area contributed by atoms with Crippen molar-refractivity contribution in [1.29, 1.82) is 0 Å². The van der Waals surface area contributed by atoms with E-state index in [1.807, 2.05) is 0 Å².